The summed E-state index contributed by atoms with van der Waals surface area (Å²) in [6.45, 7) is 9.30. The molecule has 0 atom stereocenters. The predicted octanol–water partition coefficient (Wildman–Crippen LogP) is 2.62. The van der Waals surface area contributed by atoms with E-state index in [2.05, 4.69) is 25.2 Å². The smallest absolute Gasteiger partial charge is 0.317 e. The number of nitrogens with zero attached hydrogens (tertiary/aromatic N) is 2. The number of amides is 3. The molecule has 144 valence electrons. The summed E-state index contributed by atoms with van der Waals surface area (Å²) in [6.07, 6.45) is 1.30. The van der Waals surface area contributed by atoms with Gasteiger partial charge in [0.25, 0.3) is 0 Å². The van der Waals surface area contributed by atoms with Gasteiger partial charge in [-0.1, -0.05) is 32.9 Å². The number of rotatable bonds is 6. The number of hydrogen-bond donors (Lipinski definition) is 1. The first-order valence-corrected chi connectivity index (χ1v) is 9.43. The number of methoxy groups -OCH3 is 1. The van der Waals surface area contributed by atoms with Crippen LogP contribution >= 0.6 is 0 Å². The first kappa shape index (κ1) is 20.1. The molecule has 1 heterocycles. The molecule has 1 aliphatic rings. The summed E-state index contributed by atoms with van der Waals surface area (Å²) in [5, 5.41) is 2.89. The second-order valence-electron chi connectivity index (χ2n) is 7.01. The van der Waals surface area contributed by atoms with Gasteiger partial charge >= 0.3 is 6.03 Å². The van der Waals surface area contributed by atoms with E-state index < -0.39 is 0 Å². The first-order valence-electron chi connectivity index (χ1n) is 9.43. The van der Waals surface area contributed by atoms with Gasteiger partial charge in [0.2, 0.25) is 5.91 Å². The second kappa shape index (κ2) is 9.46. The summed E-state index contributed by atoms with van der Waals surface area (Å²) >= 11 is 0. The van der Waals surface area contributed by atoms with Crippen LogP contribution in [0.3, 0.4) is 0 Å². The molecule has 2 rings (SSSR count). The Morgan fingerprint density at radius 3 is 2.38 bits per heavy atom. The molecular formula is C20H31N3O3. The van der Waals surface area contributed by atoms with Crippen molar-refractivity contribution in [1.82, 2.24) is 15.1 Å². The van der Waals surface area contributed by atoms with Crippen LogP contribution in [0.4, 0.5) is 4.79 Å². The minimum absolute atomic E-state index is 0.0318. The number of benzene rings is 1. The van der Waals surface area contributed by atoms with Crippen LogP contribution in [-0.4, -0.2) is 61.6 Å². The molecule has 0 radical (unpaired) electrons. The van der Waals surface area contributed by atoms with E-state index in [-0.39, 0.29) is 11.9 Å². The molecule has 1 saturated heterocycles. The summed E-state index contributed by atoms with van der Waals surface area (Å²) < 4.78 is 5.41. The lowest BCUT2D eigenvalue weighted by Gasteiger charge is -2.34. The number of urea groups is 1. The maximum Gasteiger partial charge on any atom is 0.317 e. The first-order chi connectivity index (χ1) is 12.5. The number of carbonyl (C=O) groups excluding carboxylic acids is 2. The summed E-state index contributed by atoms with van der Waals surface area (Å²) in [6, 6.07) is 5.93. The molecule has 6 nitrogen and oxygen atoms in total. The zero-order valence-electron chi connectivity index (χ0n) is 16.4. The van der Waals surface area contributed by atoms with E-state index in [9.17, 15) is 9.59 Å². The van der Waals surface area contributed by atoms with E-state index in [0.717, 1.165) is 23.3 Å². The van der Waals surface area contributed by atoms with Crippen molar-refractivity contribution >= 4 is 11.9 Å². The fourth-order valence-corrected chi connectivity index (χ4v) is 3.13. The van der Waals surface area contributed by atoms with Gasteiger partial charge in [0.1, 0.15) is 5.75 Å². The molecule has 0 bridgehead atoms. The molecule has 1 fully saturated rings. The Kier molecular flexibility index (Phi) is 7.30. The SMILES string of the molecule is CCCNC(=O)N1CCN(C(=O)Cc2ccc(OC)c(C(C)C)c2)CC1. The van der Waals surface area contributed by atoms with Gasteiger partial charge in [-0.25, -0.2) is 4.79 Å². The zero-order chi connectivity index (χ0) is 19.1. The third-order valence-electron chi connectivity index (χ3n) is 4.72. The van der Waals surface area contributed by atoms with E-state index in [1.807, 2.05) is 24.0 Å². The lowest BCUT2D eigenvalue weighted by Crippen LogP contribution is -2.53. The fourth-order valence-electron chi connectivity index (χ4n) is 3.13. The monoisotopic (exact) mass is 361 g/mol. The molecule has 6 heteroatoms. The van der Waals surface area contributed by atoms with Gasteiger partial charge in [-0.05, 0) is 29.5 Å². The number of nitrogens with one attached hydrogen (secondary N) is 1. The molecule has 1 aromatic carbocycles. The highest BCUT2D eigenvalue weighted by Gasteiger charge is 2.24. The molecule has 0 aliphatic carbocycles. The van der Waals surface area contributed by atoms with E-state index in [1.54, 1.807) is 12.0 Å². The van der Waals surface area contributed by atoms with Crippen molar-refractivity contribution in [2.45, 2.75) is 39.5 Å². The number of piperazine rings is 1. The van der Waals surface area contributed by atoms with Gasteiger partial charge in [0.15, 0.2) is 0 Å². The minimum atomic E-state index is -0.0318. The maximum absolute atomic E-state index is 12.6. The van der Waals surface area contributed by atoms with Crippen molar-refractivity contribution < 1.29 is 14.3 Å². The highest BCUT2D eigenvalue weighted by molar-refractivity contribution is 5.80. The molecule has 1 aliphatic heterocycles. The normalized spacial score (nSPS) is 14.5. The Morgan fingerprint density at radius 2 is 1.81 bits per heavy atom. The van der Waals surface area contributed by atoms with Gasteiger partial charge in [-0.15, -0.1) is 0 Å². The van der Waals surface area contributed by atoms with Crippen LogP contribution < -0.4 is 10.1 Å². The van der Waals surface area contributed by atoms with Crippen LogP contribution in [-0.2, 0) is 11.2 Å². The highest BCUT2D eigenvalue weighted by Crippen LogP contribution is 2.27. The average Bonchev–Trinajstić information content (AvgIpc) is 2.66. The Labute approximate surface area is 156 Å². The van der Waals surface area contributed by atoms with Crippen molar-refractivity contribution in [3.05, 3.63) is 29.3 Å². The maximum atomic E-state index is 12.6. The molecule has 1 N–H and O–H groups in total. The van der Waals surface area contributed by atoms with E-state index in [0.29, 0.717) is 45.1 Å². The van der Waals surface area contributed by atoms with Crippen LogP contribution in [0.1, 0.15) is 44.2 Å². The van der Waals surface area contributed by atoms with Crippen LogP contribution in [0.15, 0.2) is 18.2 Å². The van der Waals surface area contributed by atoms with Gasteiger partial charge in [0, 0.05) is 32.7 Å². The van der Waals surface area contributed by atoms with Crippen LogP contribution in [0.25, 0.3) is 0 Å². The van der Waals surface area contributed by atoms with E-state index >= 15 is 0 Å². The molecule has 1 aromatic rings. The van der Waals surface area contributed by atoms with Crippen molar-refractivity contribution in [3.8, 4) is 5.75 Å². The second-order valence-corrected chi connectivity index (χ2v) is 7.01. The van der Waals surface area contributed by atoms with Crippen LogP contribution in [0.5, 0.6) is 5.75 Å². The molecular weight excluding hydrogens is 330 g/mol. The third-order valence-corrected chi connectivity index (χ3v) is 4.72. The Morgan fingerprint density at radius 1 is 1.15 bits per heavy atom. The van der Waals surface area contributed by atoms with Crippen molar-refractivity contribution in [1.29, 1.82) is 0 Å². The summed E-state index contributed by atoms with van der Waals surface area (Å²) in [5.74, 6) is 1.31. The lowest BCUT2D eigenvalue weighted by molar-refractivity contribution is -0.131. The van der Waals surface area contributed by atoms with Gasteiger partial charge < -0.3 is 19.9 Å². The molecule has 0 saturated carbocycles. The Hall–Kier alpha value is -2.24. The highest BCUT2D eigenvalue weighted by atomic mass is 16.5. The Balaban J connectivity index is 1.91. The predicted molar refractivity (Wildman–Crippen MR) is 103 cm³/mol. The number of carbonyl (C=O) groups is 2. The quantitative estimate of drug-likeness (QED) is 0.847. The van der Waals surface area contributed by atoms with Gasteiger partial charge in [-0.3, -0.25) is 4.79 Å². The number of hydrogen-bond acceptors (Lipinski definition) is 3. The molecule has 26 heavy (non-hydrogen) atoms. The molecule has 0 unspecified atom stereocenters. The van der Waals surface area contributed by atoms with Crippen LogP contribution in [0, 0.1) is 0 Å². The van der Waals surface area contributed by atoms with Crippen molar-refractivity contribution in [2.24, 2.45) is 0 Å². The summed E-state index contributed by atoms with van der Waals surface area (Å²) in [4.78, 5) is 28.2. The number of ether oxygens (including phenoxy) is 1. The zero-order valence-corrected chi connectivity index (χ0v) is 16.4. The lowest BCUT2D eigenvalue weighted by atomic mass is 9.98. The Bertz CT molecular complexity index is 623. The third kappa shape index (κ3) is 5.13. The molecule has 0 aromatic heterocycles. The minimum Gasteiger partial charge on any atom is -0.496 e. The molecule has 0 spiro atoms. The van der Waals surface area contributed by atoms with Gasteiger partial charge in [-0.2, -0.15) is 0 Å². The van der Waals surface area contributed by atoms with Crippen molar-refractivity contribution in [3.63, 3.8) is 0 Å². The van der Waals surface area contributed by atoms with E-state index in [4.69, 9.17) is 4.74 Å². The summed E-state index contributed by atoms with van der Waals surface area (Å²) in [5.41, 5.74) is 2.12. The van der Waals surface area contributed by atoms with Gasteiger partial charge in [0.05, 0.1) is 13.5 Å². The largest absolute Gasteiger partial charge is 0.496 e. The van der Waals surface area contributed by atoms with Crippen molar-refractivity contribution in [2.75, 3.05) is 39.8 Å². The van der Waals surface area contributed by atoms with Crippen LogP contribution in [0.2, 0.25) is 0 Å². The summed E-state index contributed by atoms with van der Waals surface area (Å²) in [7, 11) is 1.67. The molecule has 3 amide bonds. The standard InChI is InChI=1S/C20H31N3O3/c1-5-8-21-20(25)23-11-9-22(10-12-23)19(24)14-16-6-7-18(26-4)17(13-16)15(2)3/h6-7,13,15H,5,8-12,14H2,1-4H3,(H,21,25). The topological polar surface area (TPSA) is 61.9 Å². The fraction of sp³-hybridized carbons (Fsp3) is 0.600. The average molecular weight is 361 g/mol. The van der Waals surface area contributed by atoms with E-state index in [1.165, 1.54) is 0 Å².